The van der Waals surface area contributed by atoms with Crippen molar-refractivity contribution in [2.24, 2.45) is 17.6 Å². The second kappa shape index (κ2) is 11.0. The van der Waals surface area contributed by atoms with Crippen LogP contribution >= 0.6 is 24.8 Å². The zero-order valence-electron chi connectivity index (χ0n) is 15.7. The van der Waals surface area contributed by atoms with E-state index in [1.54, 1.807) is 0 Å². The number of aryl methyl sites for hydroxylation is 1. The van der Waals surface area contributed by atoms with Crippen molar-refractivity contribution in [2.75, 3.05) is 19.6 Å². The molecule has 3 N–H and O–H groups in total. The van der Waals surface area contributed by atoms with Crippen LogP contribution in [0.3, 0.4) is 0 Å². The van der Waals surface area contributed by atoms with Gasteiger partial charge in [-0.3, -0.25) is 4.79 Å². The number of rotatable bonds is 5. The zero-order chi connectivity index (χ0) is 17.0. The Morgan fingerprint density at radius 1 is 1.20 bits per heavy atom. The van der Waals surface area contributed by atoms with Gasteiger partial charge < -0.3 is 16.0 Å². The highest BCUT2D eigenvalue weighted by Crippen LogP contribution is 2.21. The monoisotopic (exact) mass is 389 g/mol. The highest BCUT2D eigenvalue weighted by Gasteiger charge is 2.24. The molecule has 0 radical (unpaired) electrons. The van der Waals surface area contributed by atoms with Gasteiger partial charge in [-0.25, -0.2) is 0 Å². The first-order valence-corrected chi connectivity index (χ1v) is 8.70. The number of benzene rings is 1. The molecule has 1 aromatic carbocycles. The molecule has 1 aromatic rings. The third-order valence-electron chi connectivity index (χ3n) is 4.58. The van der Waals surface area contributed by atoms with Crippen LogP contribution in [-0.2, 0) is 4.79 Å². The minimum Gasteiger partial charge on any atom is -0.351 e. The number of carbonyl (C=O) groups excluding carboxylic acids is 1. The van der Waals surface area contributed by atoms with Crippen LogP contribution in [0.15, 0.2) is 24.3 Å². The summed E-state index contributed by atoms with van der Waals surface area (Å²) in [6.07, 6.45) is 1.30. The zero-order valence-corrected chi connectivity index (χ0v) is 17.3. The van der Waals surface area contributed by atoms with E-state index in [4.69, 9.17) is 5.73 Å². The van der Waals surface area contributed by atoms with Crippen LogP contribution in [0.2, 0.25) is 0 Å². The average Bonchev–Trinajstić information content (AvgIpc) is 2.45. The fourth-order valence-corrected chi connectivity index (χ4v) is 3.63. The summed E-state index contributed by atoms with van der Waals surface area (Å²) in [5.41, 5.74) is 8.12. The van der Waals surface area contributed by atoms with Crippen molar-refractivity contribution < 1.29 is 4.79 Å². The minimum atomic E-state index is -0.600. The molecular formula is C19H33Cl2N3O. The van der Waals surface area contributed by atoms with Crippen molar-refractivity contribution in [3.8, 4) is 0 Å². The maximum Gasteiger partial charge on any atom is 0.241 e. The van der Waals surface area contributed by atoms with E-state index < -0.39 is 6.04 Å². The van der Waals surface area contributed by atoms with E-state index in [-0.39, 0.29) is 36.8 Å². The maximum absolute atomic E-state index is 12.4. The summed E-state index contributed by atoms with van der Waals surface area (Å²) in [4.78, 5) is 14.8. The number of nitrogens with two attached hydrogens (primary N) is 1. The number of nitrogens with one attached hydrogen (secondary N) is 1. The van der Waals surface area contributed by atoms with Gasteiger partial charge in [-0.2, -0.15) is 0 Å². The lowest BCUT2D eigenvalue weighted by Gasteiger charge is -2.36. The third-order valence-corrected chi connectivity index (χ3v) is 4.58. The summed E-state index contributed by atoms with van der Waals surface area (Å²) < 4.78 is 0. The van der Waals surface area contributed by atoms with Gasteiger partial charge >= 0.3 is 0 Å². The van der Waals surface area contributed by atoms with E-state index in [9.17, 15) is 4.79 Å². The molecule has 1 aliphatic rings. The Balaban J connectivity index is 0.00000288. The predicted octanol–water partition coefficient (Wildman–Crippen LogP) is 3.32. The number of hydrogen-bond acceptors (Lipinski definition) is 3. The highest BCUT2D eigenvalue weighted by molar-refractivity contribution is 5.85. The molecule has 1 heterocycles. The van der Waals surface area contributed by atoms with E-state index in [0.29, 0.717) is 0 Å². The molecule has 2 rings (SSSR count). The van der Waals surface area contributed by atoms with Crippen molar-refractivity contribution in [1.82, 2.24) is 10.2 Å². The van der Waals surface area contributed by atoms with Crippen molar-refractivity contribution >= 4 is 30.7 Å². The van der Waals surface area contributed by atoms with Crippen molar-refractivity contribution in [3.63, 3.8) is 0 Å². The lowest BCUT2D eigenvalue weighted by atomic mass is 9.91. The van der Waals surface area contributed by atoms with Crippen LogP contribution in [0.5, 0.6) is 0 Å². The van der Waals surface area contributed by atoms with E-state index in [1.165, 1.54) is 12.0 Å². The molecule has 144 valence electrons. The maximum atomic E-state index is 12.4. The molecule has 0 aliphatic carbocycles. The number of likely N-dealkylation sites (tertiary alicyclic amines) is 1. The van der Waals surface area contributed by atoms with Crippen LogP contribution in [-0.4, -0.2) is 36.5 Å². The molecule has 25 heavy (non-hydrogen) atoms. The second-order valence-electron chi connectivity index (χ2n) is 7.46. The van der Waals surface area contributed by atoms with Crippen molar-refractivity contribution in [2.45, 2.75) is 46.2 Å². The summed E-state index contributed by atoms with van der Waals surface area (Å²) in [6, 6.07) is 7.34. The molecular weight excluding hydrogens is 357 g/mol. The van der Waals surface area contributed by atoms with Gasteiger partial charge in [0.2, 0.25) is 5.91 Å². The standard InChI is InChI=1S/C19H31N3O.2ClH/c1-13-5-7-17(8-6-13)18(20)19(23)21-16(4)12-22-10-14(2)9-15(3)11-22;;/h5-8,14-16,18H,9-12,20H2,1-4H3,(H,21,23);2*1H. The van der Waals surface area contributed by atoms with Gasteiger partial charge in [0, 0.05) is 25.7 Å². The van der Waals surface area contributed by atoms with Crippen LogP contribution in [0.25, 0.3) is 0 Å². The smallest absolute Gasteiger partial charge is 0.241 e. The molecule has 1 saturated heterocycles. The first kappa shape index (κ1) is 24.2. The minimum absolute atomic E-state index is 0. The Kier molecular flexibility index (Phi) is 10.7. The van der Waals surface area contributed by atoms with Crippen LogP contribution in [0, 0.1) is 18.8 Å². The summed E-state index contributed by atoms with van der Waals surface area (Å²) in [6.45, 7) is 11.8. The Labute approximate surface area is 164 Å². The van der Waals surface area contributed by atoms with Gasteiger partial charge in [0.25, 0.3) is 0 Å². The molecule has 4 nitrogen and oxygen atoms in total. The van der Waals surface area contributed by atoms with Gasteiger partial charge in [-0.1, -0.05) is 43.7 Å². The predicted molar refractivity (Wildman–Crippen MR) is 110 cm³/mol. The molecule has 1 fully saturated rings. The molecule has 0 aromatic heterocycles. The van der Waals surface area contributed by atoms with E-state index in [1.807, 2.05) is 31.2 Å². The Hall–Kier alpha value is -0.810. The molecule has 6 heteroatoms. The lowest BCUT2D eigenvalue weighted by Crippen LogP contribution is -2.48. The Morgan fingerprint density at radius 3 is 2.24 bits per heavy atom. The Bertz CT molecular complexity index is 514. The number of carbonyl (C=O) groups is 1. The molecule has 4 atom stereocenters. The van der Waals surface area contributed by atoms with Crippen LogP contribution in [0.1, 0.15) is 44.4 Å². The molecule has 0 bridgehead atoms. The molecule has 1 amide bonds. The lowest BCUT2D eigenvalue weighted by molar-refractivity contribution is -0.123. The summed E-state index contributed by atoms with van der Waals surface area (Å²) in [5.74, 6) is 1.37. The normalized spacial score (nSPS) is 22.9. The van der Waals surface area contributed by atoms with Crippen molar-refractivity contribution in [3.05, 3.63) is 35.4 Å². The average molecular weight is 390 g/mol. The fraction of sp³-hybridized carbons (Fsp3) is 0.632. The number of hydrogen-bond donors (Lipinski definition) is 2. The number of nitrogens with zero attached hydrogens (tertiary/aromatic N) is 1. The van der Waals surface area contributed by atoms with E-state index in [0.717, 1.165) is 37.0 Å². The molecule has 0 spiro atoms. The van der Waals surface area contributed by atoms with Crippen LogP contribution < -0.4 is 11.1 Å². The topological polar surface area (TPSA) is 58.4 Å². The first-order valence-electron chi connectivity index (χ1n) is 8.70. The van der Waals surface area contributed by atoms with Gasteiger partial charge in [0.1, 0.15) is 6.04 Å². The largest absolute Gasteiger partial charge is 0.351 e. The fourth-order valence-electron chi connectivity index (χ4n) is 3.63. The number of piperidine rings is 1. The Morgan fingerprint density at radius 2 is 1.72 bits per heavy atom. The van der Waals surface area contributed by atoms with Crippen LogP contribution in [0.4, 0.5) is 0 Å². The molecule has 0 saturated carbocycles. The third kappa shape index (κ3) is 7.53. The summed E-state index contributed by atoms with van der Waals surface area (Å²) in [7, 11) is 0. The summed E-state index contributed by atoms with van der Waals surface area (Å²) in [5, 5.41) is 3.06. The first-order chi connectivity index (χ1) is 10.8. The van der Waals surface area contributed by atoms with Gasteiger partial charge in [-0.15, -0.1) is 24.8 Å². The van der Waals surface area contributed by atoms with E-state index in [2.05, 4.69) is 31.0 Å². The number of halogens is 2. The SMILES string of the molecule is Cc1ccc(C(N)C(=O)NC(C)CN2CC(C)CC(C)C2)cc1.Cl.Cl. The van der Waals surface area contributed by atoms with Crippen molar-refractivity contribution in [1.29, 1.82) is 0 Å². The molecule has 1 aliphatic heterocycles. The van der Waals surface area contributed by atoms with E-state index >= 15 is 0 Å². The number of amides is 1. The quantitative estimate of drug-likeness (QED) is 0.811. The van der Waals surface area contributed by atoms with Gasteiger partial charge in [-0.05, 0) is 37.7 Å². The summed E-state index contributed by atoms with van der Waals surface area (Å²) >= 11 is 0. The molecule has 4 unspecified atom stereocenters. The highest BCUT2D eigenvalue weighted by atomic mass is 35.5. The van der Waals surface area contributed by atoms with Gasteiger partial charge in [0.15, 0.2) is 0 Å². The second-order valence-corrected chi connectivity index (χ2v) is 7.46. The van der Waals surface area contributed by atoms with Gasteiger partial charge in [0.05, 0.1) is 0 Å².